The van der Waals surface area contributed by atoms with Gasteiger partial charge in [-0.2, -0.15) is 0 Å². The van der Waals surface area contributed by atoms with Gasteiger partial charge in [0.05, 0.1) is 19.5 Å². The van der Waals surface area contributed by atoms with Crippen molar-refractivity contribution >= 4 is 56.1 Å². The molecule has 2 atom stereocenters. The van der Waals surface area contributed by atoms with E-state index in [1.54, 1.807) is 45.3 Å². The fourth-order valence-electron chi connectivity index (χ4n) is 11.0. The molecule has 6 aromatic carbocycles. The third-order valence-corrected chi connectivity index (χ3v) is 17.8. The van der Waals surface area contributed by atoms with Crippen molar-refractivity contribution in [2.75, 3.05) is 0 Å². The molecule has 0 aliphatic heterocycles. The maximum Gasteiger partial charge on any atom is 0.174 e. The van der Waals surface area contributed by atoms with Crippen molar-refractivity contribution in [3.05, 3.63) is 225 Å². The summed E-state index contributed by atoms with van der Waals surface area (Å²) in [7, 11) is 0. The van der Waals surface area contributed by atoms with E-state index in [1.165, 1.54) is 61.0 Å². The third-order valence-electron chi connectivity index (χ3n) is 14.4. The van der Waals surface area contributed by atoms with E-state index in [1.807, 2.05) is 12.1 Å². The standard InChI is InChI=1S/C60H38N6S4/c1-59(36-15-5-3-6-16-36)44-31-35(53-61-55(48-21-11-27-67-48)65-56(62-53)49-22-12-28-68-49)25-26-39(44)41-32-46-43(34-45(41)59)52-40-20-10-9-19-38(40)42(33-47(52)60(46,2)37-17-7-4-8-18-37)54-63-57(50-23-13-29-69-50)66-58(64-54)51-24-14-30-70-51/h3-34H,1-2H3. The van der Waals surface area contributed by atoms with Gasteiger partial charge in [-0.05, 0) is 150 Å². The van der Waals surface area contributed by atoms with E-state index in [0.717, 1.165) is 36.0 Å². The number of fused-ring (bicyclic) bond motifs is 8. The Balaban J connectivity index is 1.01. The van der Waals surface area contributed by atoms with Crippen LogP contribution in [0.5, 0.6) is 0 Å². The van der Waals surface area contributed by atoms with Crippen molar-refractivity contribution in [1.82, 2.24) is 29.9 Å². The summed E-state index contributed by atoms with van der Waals surface area (Å²) >= 11 is 6.57. The van der Waals surface area contributed by atoms with E-state index in [2.05, 4.69) is 193 Å². The second-order valence-electron chi connectivity index (χ2n) is 18.1. The Hall–Kier alpha value is -7.60. The number of hydrogen-bond acceptors (Lipinski definition) is 10. The molecule has 6 aromatic heterocycles. The summed E-state index contributed by atoms with van der Waals surface area (Å²) < 4.78 is 0. The van der Waals surface area contributed by atoms with Crippen molar-refractivity contribution in [3.8, 4) is 87.8 Å². The lowest BCUT2D eigenvalue weighted by atomic mass is 9.72. The predicted octanol–water partition coefficient (Wildman–Crippen LogP) is 16.1. The number of hydrogen-bond donors (Lipinski definition) is 0. The Morgan fingerprint density at radius 2 is 0.729 bits per heavy atom. The minimum atomic E-state index is -0.535. The molecule has 2 aliphatic rings. The molecule has 0 bridgehead atoms. The molecule has 0 N–H and O–H groups in total. The maximum absolute atomic E-state index is 5.28. The Labute approximate surface area is 420 Å². The second kappa shape index (κ2) is 16.0. The van der Waals surface area contributed by atoms with Gasteiger partial charge in [0, 0.05) is 22.0 Å². The van der Waals surface area contributed by atoms with E-state index < -0.39 is 10.8 Å². The van der Waals surface area contributed by atoms with Crippen LogP contribution in [0.2, 0.25) is 0 Å². The third kappa shape index (κ3) is 6.27. The fourth-order valence-corrected chi connectivity index (χ4v) is 13.6. The van der Waals surface area contributed by atoms with Gasteiger partial charge in [0.15, 0.2) is 34.9 Å². The molecular formula is C60H38N6S4. The first kappa shape index (κ1) is 41.4. The van der Waals surface area contributed by atoms with Crippen LogP contribution in [-0.4, -0.2) is 29.9 Å². The molecule has 0 amide bonds. The summed E-state index contributed by atoms with van der Waals surface area (Å²) in [6.45, 7) is 4.81. The van der Waals surface area contributed by atoms with Crippen molar-refractivity contribution in [1.29, 1.82) is 0 Å². The predicted molar refractivity (Wildman–Crippen MR) is 290 cm³/mol. The number of rotatable bonds is 8. The number of benzene rings is 6. The zero-order chi connectivity index (χ0) is 46.6. The largest absolute Gasteiger partial charge is 0.207 e. The van der Waals surface area contributed by atoms with E-state index in [-0.39, 0.29) is 0 Å². The minimum Gasteiger partial charge on any atom is -0.207 e. The highest BCUT2D eigenvalue weighted by molar-refractivity contribution is 7.14. The van der Waals surface area contributed by atoms with Gasteiger partial charge in [0.25, 0.3) is 0 Å². The van der Waals surface area contributed by atoms with Crippen LogP contribution in [0.3, 0.4) is 0 Å². The summed E-state index contributed by atoms with van der Waals surface area (Å²) in [4.78, 5) is 34.9. The van der Waals surface area contributed by atoms with Crippen LogP contribution in [0, 0.1) is 0 Å². The smallest absolute Gasteiger partial charge is 0.174 e. The molecule has 332 valence electrons. The molecule has 14 rings (SSSR count). The summed E-state index contributed by atoms with van der Waals surface area (Å²) in [5, 5.41) is 10.6. The molecule has 0 spiro atoms. The zero-order valence-corrected chi connectivity index (χ0v) is 41.1. The molecule has 0 radical (unpaired) electrons. The van der Waals surface area contributed by atoms with Crippen LogP contribution >= 0.6 is 45.3 Å². The van der Waals surface area contributed by atoms with Crippen molar-refractivity contribution in [2.45, 2.75) is 24.7 Å². The summed E-state index contributed by atoms with van der Waals surface area (Å²) in [5.41, 5.74) is 13.3. The van der Waals surface area contributed by atoms with E-state index in [0.29, 0.717) is 34.9 Å². The van der Waals surface area contributed by atoms with Gasteiger partial charge in [-0.3, -0.25) is 0 Å². The maximum atomic E-state index is 5.28. The van der Waals surface area contributed by atoms with Crippen molar-refractivity contribution in [3.63, 3.8) is 0 Å². The molecule has 6 nitrogen and oxygen atoms in total. The molecule has 2 unspecified atom stereocenters. The molecule has 0 saturated heterocycles. The van der Waals surface area contributed by atoms with Crippen LogP contribution in [0.25, 0.3) is 98.6 Å². The Kier molecular flexibility index (Phi) is 9.45. The first-order valence-electron chi connectivity index (χ1n) is 23.1. The average Bonchev–Trinajstić information content (AvgIpc) is 4.30. The highest BCUT2D eigenvalue weighted by Crippen LogP contribution is 2.61. The minimum absolute atomic E-state index is 0.514. The molecule has 10 heteroatoms. The highest BCUT2D eigenvalue weighted by atomic mass is 32.1. The van der Waals surface area contributed by atoms with Crippen LogP contribution in [-0.2, 0) is 10.8 Å². The lowest BCUT2D eigenvalue weighted by Gasteiger charge is -2.30. The number of aromatic nitrogens is 6. The van der Waals surface area contributed by atoms with Gasteiger partial charge in [-0.1, -0.05) is 121 Å². The van der Waals surface area contributed by atoms with Gasteiger partial charge >= 0.3 is 0 Å². The second-order valence-corrected chi connectivity index (χ2v) is 21.9. The van der Waals surface area contributed by atoms with Gasteiger partial charge in [0.1, 0.15) is 0 Å². The van der Waals surface area contributed by atoms with Crippen molar-refractivity contribution < 1.29 is 0 Å². The van der Waals surface area contributed by atoms with Gasteiger partial charge in [-0.15, -0.1) is 45.3 Å². The summed E-state index contributed by atoms with van der Waals surface area (Å²) in [6.07, 6.45) is 0. The van der Waals surface area contributed by atoms with Crippen LogP contribution in [0.15, 0.2) is 191 Å². The van der Waals surface area contributed by atoms with Crippen LogP contribution in [0.1, 0.15) is 47.2 Å². The first-order valence-corrected chi connectivity index (χ1v) is 26.7. The Bertz CT molecular complexity index is 3860. The van der Waals surface area contributed by atoms with Crippen LogP contribution in [0.4, 0.5) is 0 Å². The topological polar surface area (TPSA) is 77.3 Å². The van der Waals surface area contributed by atoms with Crippen molar-refractivity contribution in [2.24, 2.45) is 0 Å². The van der Waals surface area contributed by atoms with E-state index >= 15 is 0 Å². The first-order chi connectivity index (χ1) is 34.4. The Morgan fingerprint density at radius 1 is 0.314 bits per heavy atom. The van der Waals surface area contributed by atoms with Gasteiger partial charge < -0.3 is 0 Å². The molecular weight excluding hydrogens is 933 g/mol. The summed E-state index contributed by atoms with van der Waals surface area (Å²) in [6, 6.07) is 61.6. The van der Waals surface area contributed by atoms with Gasteiger partial charge in [-0.25, -0.2) is 29.9 Å². The highest BCUT2D eigenvalue weighted by Gasteiger charge is 2.47. The van der Waals surface area contributed by atoms with Gasteiger partial charge in [0.2, 0.25) is 0 Å². The Morgan fingerprint density at radius 3 is 1.24 bits per heavy atom. The quantitative estimate of drug-likeness (QED) is 0.151. The molecule has 0 saturated carbocycles. The monoisotopic (exact) mass is 970 g/mol. The lowest BCUT2D eigenvalue weighted by Crippen LogP contribution is -2.24. The normalized spacial score (nSPS) is 16.5. The molecule has 0 fully saturated rings. The summed E-state index contributed by atoms with van der Waals surface area (Å²) in [5.74, 6) is 4.06. The number of nitrogens with zero attached hydrogens (tertiary/aromatic N) is 6. The van der Waals surface area contributed by atoms with Crippen LogP contribution < -0.4 is 0 Å². The fraction of sp³-hybridized carbons (Fsp3) is 0.0667. The zero-order valence-electron chi connectivity index (χ0n) is 37.8. The average molecular weight is 971 g/mol. The SMILES string of the molecule is CC1(c2ccccc2)c2cc(-c3nc(-c4cccs4)nc(-c4cccs4)n3)ccc2-c2cc3c(cc21)-c1c(cc(-c2nc(-c4cccs4)nc(-c4cccs4)n2)c2ccccc12)C3(C)c1ccccc1. The molecule has 2 aliphatic carbocycles. The molecule has 70 heavy (non-hydrogen) atoms. The lowest BCUT2D eigenvalue weighted by molar-refractivity contribution is 0.705. The molecule has 6 heterocycles. The van der Waals surface area contributed by atoms with E-state index in [4.69, 9.17) is 29.9 Å². The number of thiophene rings is 4. The molecule has 12 aromatic rings. The van der Waals surface area contributed by atoms with E-state index in [9.17, 15) is 0 Å².